The lowest BCUT2D eigenvalue weighted by atomic mass is 9.84. The molecule has 2 unspecified atom stereocenters. The summed E-state index contributed by atoms with van der Waals surface area (Å²) < 4.78 is 0. The van der Waals surface area contributed by atoms with Crippen LogP contribution in [0, 0.1) is 11.3 Å². The zero-order valence-electron chi connectivity index (χ0n) is 12.9. The summed E-state index contributed by atoms with van der Waals surface area (Å²) in [6, 6.07) is 0.211. The van der Waals surface area contributed by atoms with Crippen LogP contribution in [-0.4, -0.2) is 29.7 Å². The minimum atomic E-state index is -0.765. The van der Waals surface area contributed by atoms with Crippen LogP contribution in [0.3, 0.4) is 0 Å². The lowest BCUT2D eigenvalue weighted by molar-refractivity contribution is -0.137. The molecule has 0 aromatic heterocycles. The smallest absolute Gasteiger partial charge is 0.315 e. The summed E-state index contributed by atoms with van der Waals surface area (Å²) in [6.45, 7) is 6.87. The molecule has 1 aliphatic carbocycles. The highest BCUT2D eigenvalue weighted by Crippen LogP contribution is 2.26. The number of aliphatic carboxylic acids is 1. The van der Waals surface area contributed by atoms with Gasteiger partial charge >= 0.3 is 12.0 Å². The van der Waals surface area contributed by atoms with Crippen LogP contribution in [-0.2, 0) is 4.79 Å². The van der Waals surface area contributed by atoms with Crippen molar-refractivity contribution >= 4 is 12.0 Å². The van der Waals surface area contributed by atoms with Gasteiger partial charge in [0.15, 0.2) is 0 Å². The second kappa shape index (κ2) is 7.50. The number of urea groups is 1. The number of carboxylic acids is 1. The quantitative estimate of drug-likeness (QED) is 0.672. The Kier molecular flexibility index (Phi) is 6.30. The van der Waals surface area contributed by atoms with Crippen LogP contribution in [0.25, 0.3) is 0 Å². The normalized spacial score (nSPS) is 22.6. The topological polar surface area (TPSA) is 78.4 Å². The van der Waals surface area contributed by atoms with E-state index in [1.807, 2.05) is 13.8 Å². The number of hydrogen-bond acceptors (Lipinski definition) is 2. The minimum Gasteiger partial charge on any atom is -0.481 e. The van der Waals surface area contributed by atoms with Gasteiger partial charge in [0.1, 0.15) is 0 Å². The maximum atomic E-state index is 11.7. The van der Waals surface area contributed by atoms with Crippen molar-refractivity contribution in [1.29, 1.82) is 0 Å². The first kappa shape index (κ1) is 16.8. The van der Waals surface area contributed by atoms with Crippen molar-refractivity contribution in [3.05, 3.63) is 0 Å². The van der Waals surface area contributed by atoms with Gasteiger partial charge in [-0.05, 0) is 43.4 Å². The number of carbonyl (C=O) groups is 2. The summed E-state index contributed by atoms with van der Waals surface area (Å²) in [5, 5.41) is 14.6. The van der Waals surface area contributed by atoms with Crippen LogP contribution in [0.4, 0.5) is 4.79 Å². The first-order valence-corrected chi connectivity index (χ1v) is 7.55. The number of rotatable bonds is 7. The van der Waals surface area contributed by atoms with Crippen molar-refractivity contribution in [2.45, 2.75) is 65.3 Å². The predicted molar refractivity (Wildman–Crippen MR) is 78.6 cm³/mol. The molecule has 116 valence electrons. The Morgan fingerprint density at radius 3 is 2.50 bits per heavy atom. The van der Waals surface area contributed by atoms with Crippen molar-refractivity contribution in [1.82, 2.24) is 10.6 Å². The second-order valence-electron chi connectivity index (χ2n) is 6.82. The van der Waals surface area contributed by atoms with E-state index >= 15 is 0 Å². The van der Waals surface area contributed by atoms with Crippen LogP contribution in [0.2, 0.25) is 0 Å². The molecule has 5 nitrogen and oxygen atoms in total. The molecule has 1 rings (SSSR count). The van der Waals surface area contributed by atoms with Crippen LogP contribution in [0.5, 0.6) is 0 Å². The zero-order valence-corrected chi connectivity index (χ0v) is 12.9. The molecule has 1 aliphatic rings. The van der Waals surface area contributed by atoms with E-state index in [9.17, 15) is 9.59 Å². The van der Waals surface area contributed by atoms with Crippen LogP contribution < -0.4 is 10.6 Å². The van der Waals surface area contributed by atoms with Gasteiger partial charge in [0.25, 0.3) is 0 Å². The van der Waals surface area contributed by atoms with Gasteiger partial charge in [-0.2, -0.15) is 0 Å². The van der Waals surface area contributed by atoms with E-state index in [1.165, 1.54) is 6.42 Å². The number of nitrogens with one attached hydrogen (secondary N) is 2. The van der Waals surface area contributed by atoms with Gasteiger partial charge in [0.2, 0.25) is 0 Å². The monoisotopic (exact) mass is 284 g/mol. The fourth-order valence-corrected chi connectivity index (χ4v) is 2.66. The molecule has 2 atom stereocenters. The maximum Gasteiger partial charge on any atom is 0.315 e. The molecule has 0 aliphatic heterocycles. The Labute approximate surface area is 121 Å². The Bertz CT molecular complexity index is 342. The summed E-state index contributed by atoms with van der Waals surface area (Å²) in [5.74, 6) is -0.0608. The molecule has 0 saturated heterocycles. The molecule has 1 saturated carbocycles. The van der Waals surface area contributed by atoms with E-state index < -0.39 is 5.97 Å². The van der Waals surface area contributed by atoms with Crippen molar-refractivity contribution in [2.24, 2.45) is 11.3 Å². The first-order valence-electron chi connectivity index (χ1n) is 7.55. The van der Waals surface area contributed by atoms with Crippen LogP contribution in [0.1, 0.15) is 59.3 Å². The third-order valence-corrected chi connectivity index (χ3v) is 4.13. The molecule has 5 heteroatoms. The SMILES string of the molecule is CC1CCC(NC(=O)NCCC(C)(C)CCC(=O)O)C1. The van der Waals surface area contributed by atoms with Gasteiger partial charge in [0, 0.05) is 19.0 Å². The third-order valence-electron chi connectivity index (χ3n) is 4.13. The highest BCUT2D eigenvalue weighted by Gasteiger charge is 2.23. The van der Waals surface area contributed by atoms with Crippen LogP contribution in [0.15, 0.2) is 0 Å². The van der Waals surface area contributed by atoms with Crippen molar-refractivity contribution in [2.75, 3.05) is 6.54 Å². The van der Waals surface area contributed by atoms with E-state index in [0.717, 1.165) is 19.3 Å². The van der Waals surface area contributed by atoms with E-state index in [0.29, 0.717) is 24.9 Å². The number of carbonyl (C=O) groups excluding carboxylic acids is 1. The second-order valence-corrected chi connectivity index (χ2v) is 6.82. The average Bonchev–Trinajstić information content (AvgIpc) is 2.72. The predicted octanol–water partition coefficient (Wildman–Crippen LogP) is 2.76. The lowest BCUT2D eigenvalue weighted by Gasteiger charge is -2.24. The molecular weight excluding hydrogens is 256 g/mol. The van der Waals surface area contributed by atoms with E-state index in [2.05, 4.69) is 17.6 Å². The highest BCUT2D eigenvalue weighted by atomic mass is 16.4. The molecule has 0 radical (unpaired) electrons. The van der Waals surface area contributed by atoms with Gasteiger partial charge < -0.3 is 15.7 Å². The van der Waals surface area contributed by atoms with Crippen molar-refractivity contribution in [3.63, 3.8) is 0 Å². The Morgan fingerprint density at radius 1 is 1.25 bits per heavy atom. The van der Waals surface area contributed by atoms with E-state index in [1.54, 1.807) is 0 Å². The molecular formula is C15H28N2O3. The Hall–Kier alpha value is -1.26. The maximum absolute atomic E-state index is 11.7. The van der Waals surface area contributed by atoms with Gasteiger partial charge in [-0.1, -0.05) is 20.8 Å². The number of carboxylic acid groups (broad SMARTS) is 1. The summed E-state index contributed by atoms with van der Waals surface area (Å²) in [6.07, 6.45) is 4.92. The van der Waals surface area contributed by atoms with Crippen molar-refractivity contribution in [3.8, 4) is 0 Å². The molecule has 0 aromatic rings. The summed E-state index contributed by atoms with van der Waals surface area (Å²) >= 11 is 0. The van der Waals surface area contributed by atoms with E-state index in [-0.39, 0.29) is 17.9 Å². The molecule has 1 fully saturated rings. The highest BCUT2D eigenvalue weighted by molar-refractivity contribution is 5.74. The number of hydrogen-bond donors (Lipinski definition) is 3. The van der Waals surface area contributed by atoms with Gasteiger partial charge in [-0.25, -0.2) is 4.79 Å². The van der Waals surface area contributed by atoms with Gasteiger partial charge in [-0.15, -0.1) is 0 Å². The summed E-state index contributed by atoms with van der Waals surface area (Å²) in [5.41, 5.74) is -0.0620. The minimum absolute atomic E-state index is 0.0620. The molecule has 3 N–H and O–H groups in total. The Morgan fingerprint density at radius 2 is 1.95 bits per heavy atom. The molecule has 0 heterocycles. The zero-order chi connectivity index (χ0) is 15.2. The van der Waals surface area contributed by atoms with E-state index in [4.69, 9.17) is 5.11 Å². The first-order chi connectivity index (χ1) is 9.28. The summed E-state index contributed by atoms with van der Waals surface area (Å²) in [7, 11) is 0. The van der Waals surface area contributed by atoms with Crippen molar-refractivity contribution < 1.29 is 14.7 Å². The molecule has 0 aromatic carbocycles. The molecule has 20 heavy (non-hydrogen) atoms. The van der Waals surface area contributed by atoms with Gasteiger partial charge in [-0.3, -0.25) is 4.79 Å². The largest absolute Gasteiger partial charge is 0.481 e. The molecule has 0 spiro atoms. The molecule has 0 bridgehead atoms. The van der Waals surface area contributed by atoms with Crippen LogP contribution >= 0.6 is 0 Å². The Balaban J connectivity index is 2.16. The third kappa shape index (κ3) is 6.78. The fraction of sp³-hybridized carbons (Fsp3) is 0.867. The van der Waals surface area contributed by atoms with Gasteiger partial charge in [0.05, 0.1) is 0 Å². The number of amides is 2. The standard InChI is InChI=1S/C15H28N2O3/c1-11-4-5-12(10-11)17-14(20)16-9-8-15(2,3)7-6-13(18)19/h11-12H,4-10H2,1-3H3,(H,18,19)(H2,16,17,20). The average molecular weight is 284 g/mol. The summed E-state index contributed by atoms with van der Waals surface area (Å²) in [4.78, 5) is 22.3. The molecule has 2 amide bonds. The fourth-order valence-electron chi connectivity index (χ4n) is 2.66. The lowest BCUT2D eigenvalue weighted by Crippen LogP contribution is -2.42.